The van der Waals surface area contributed by atoms with Gasteiger partial charge < -0.3 is 19.6 Å². The first-order chi connectivity index (χ1) is 67.0. The zero-order chi connectivity index (χ0) is 98.4. The zero-order valence-electron chi connectivity index (χ0n) is 78.9. The minimum absolute atomic E-state index is 0.109. The number of hydrogen-bond acceptors (Lipinski definition) is 6. The standard InChI is InChI=1S/2C60H46F4N4Si2/c1-66-42-18-22-44(23-19-42)68(58-33-50(52(62)35-54(58)64)39-12-26-46(27-13-39)70(5,6)7)56-31-17-41-14-28-47-55(30-16-40-15-29-48(56)60(41)59(40)47)67(43-20-8-37(36-65)9-21-43)57-32-49(51(61)34-53(57)63)38-10-24-45(25-11-38)69(2,3)4;1-66-42-20-24-44(25-21-42)68(58-33-50(52(62)35-54(58)64)41-11-9-13-46(31-41)70(5,6)7)56-29-19-39-16-26-47-55(28-18-38-17-27-48(56)60(39)59(38)47)67(43-22-14-37(36-65)15-23-43)57-32-49(51(61)34-53(57)63)40-10-8-12-45(30-40)69(2,3)4/h2*8-35H,2-7H3. The molecule has 20 rings (SSSR count). The molecular weight excluding hydrogens is 1820 g/mol. The van der Waals surface area contributed by atoms with Crippen molar-refractivity contribution in [2.45, 2.75) is 78.6 Å². The van der Waals surface area contributed by atoms with Crippen molar-refractivity contribution in [1.29, 1.82) is 10.5 Å². The molecule has 0 aliphatic rings. The fraction of sp³-hybridized carbons (Fsp3) is 0.100. The molecule has 0 amide bonds. The summed E-state index contributed by atoms with van der Waals surface area (Å²) in [5, 5.41) is 34.2. The average molecular weight is 1910 g/mol. The van der Waals surface area contributed by atoms with E-state index in [9.17, 15) is 10.5 Å². The van der Waals surface area contributed by atoms with Gasteiger partial charge >= 0.3 is 0 Å². The molecule has 0 atom stereocenters. The maximum atomic E-state index is 16.8. The molecular formula is C120H92F8N8Si4. The lowest BCUT2D eigenvalue weighted by atomic mass is 9.91. The quantitative estimate of drug-likeness (QED) is 0.0328. The Hall–Kier alpha value is -16.1. The van der Waals surface area contributed by atoms with Crippen LogP contribution in [0.1, 0.15) is 11.1 Å². The van der Waals surface area contributed by atoms with E-state index in [1.54, 1.807) is 141 Å². The molecule has 0 bridgehead atoms. The third kappa shape index (κ3) is 17.4. The van der Waals surface area contributed by atoms with Crippen LogP contribution >= 0.6 is 0 Å². The molecule has 0 unspecified atom stereocenters. The molecule has 0 radical (unpaired) electrons. The van der Waals surface area contributed by atoms with Gasteiger partial charge in [-0.25, -0.2) is 44.8 Å². The predicted octanol–water partition coefficient (Wildman–Crippen LogP) is 33.9. The van der Waals surface area contributed by atoms with Crippen LogP contribution in [0.3, 0.4) is 0 Å². The molecule has 684 valence electrons. The van der Waals surface area contributed by atoms with E-state index >= 15 is 35.1 Å². The number of anilines is 12. The van der Waals surface area contributed by atoms with Crippen molar-refractivity contribution in [1.82, 2.24) is 0 Å². The molecule has 0 aliphatic heterocycles. The summed E-state index contributed by atoms with van der Waals surface area (Å²) >= 11 is 0. The largest absolute Gasteiger partial charge is 0.307 e. The summed E-state index contributed by atoms with van der Waals surface area (Å²) in [6.07, 6.45) is 0. The molecule has 20 heteroatoms. The van der Waals surface area contributed by atoms with Crippen molar-refractivity contribution in [2.75, 3.05) is 19.6 Å². The number of rotatable bonds is 20. The van der Waals surface area contributed by atoms with Crippen molar-refractivity contribution >= 4 is 197 Å². The normalized spacial score (nSPS) is 11.8. The summed E-state index contributed by atoms with van der Waals surface area (Å²) in [6, 6.07) is 105. The molecule has 20 aromatic rings. The fourth-order valence-electron chi connectivity index (χ4n) is 19.0. The van der Waals surface area contributed by atoms with Gasteiger partial charge in [0.05, 0.1) is 114 Å². The Kier molecular flexibility index (Phi) is 24.2. The lowest BCUT2D eigenvalue weighted by molar-refractivity contribution is 0.586. The Morgan fingerprint density at radius 2 is 0.464 bits per heavy atom. The van der Waals surface area contributed by atoms with Crippen LogP contribution < -0.4 is 40.3 Å². The van der Waals surface area contributed by atoms with Gasteiger partial charge in [0.15, 0.2) is 11.4 Å². The maximum absolute atomic E-state index is 16.8. The Balaban J connectivity index is 0.000000178. The molecule has 0 aliphatic carbocycles. The van der Waals surface area contributed by atoms with E-state index in [4.69, 9.17) is 13.1 Å². The Morgan fingerprint density at radius 3 is 0.700 bits per heavy atom. The van der Waals surface area contributed by atoms with E-state index in [0.717, 1.165) is 99.3 Å². The lowest BCUT2D eigenvalue weighted by Crippen LogP contribution is -2.37. The van der Waals surface area contributed by atoms with Crippen LogP contribution in [-0.4, -0.2) is 32.3 Å². The van der Waals surface area contributed by atoms with Crippen LogP contribution in [0.25, 0.3) is 119 Å². The first-order valence-corrected chi connectivity index (χ1v) is 60.0. The highest BCUT2D eigenvalue weighted by Gasteiger charge is 2.33. The van der Waals surface area contributed by atoms with Crippen molar-refractivity contribution in [3.05, 3.63) is 420 Å². The van der Waals surface area contributed by atoms with E-state index < -0.39 is 78.8 Å². The van der Waals surface area contributed by atoms with Gasteiger partial charge in [-0.3, -0.25) is 0 Å². The summed E-state index contributed by atoms with van der Waals surface area (Å²) in [7, 11) is -6.92. The van der Waals surface area contributed by atoms with Crippen molar-refractivity contribution < 1.29 is 35.1 Å². The molecule has 0 saturated carbocycles. The number of benzene rings is 20. The Morgan fingerprint density at radius 1 is 0.229 bits per heavy atom. The topological polar surface area (TPSA) is 69.3 Å². The molecule has 140 heavy (non-hydrogen) atoms. The summed E-state index contributed by atoms with van der Waals surface area (Å²) in [6.45, 7) is 42.1. The van der Waals surface area contributed by atoms with Gasteiger partial charge in [-0.05, 0) is 187 Å². The molecule has 0 aromatic heterocycles. The molecule has 0 fully saturated rings. The van der Waals surface area contributed by atoms with E-state index in [1.807, 2.05) is 182 Å². The van der Waals surface area contributed by atoms with E-state index in [0.29, 0.717) is 90.3 Å². The monoisotopic (exact) mass is 1910 g/mol. The van der Waals surface area contributed by atoms with Gasteiger partial charge in [-0.15, -0.1) is 0 Å². The molecule has 0 spiro atoms. The van der Waals surface area contributed by atoms with Gasteiger partial charge in [-0.1, -0.05) is 293 Å². The highest BCUT2D eigenvalue weighted by atomic mass is 28.3. The van der Waals surface area contributed by atoms with Gasteiger partial charge in [0.1, 0.15) is 46.5 Å². The lowest BCUT2D eigenvalue weighted by Gasteiger charge is -2.30. The van der Waals surface area contributed by atoms with Gasteiger partial charge in [0.25, 0.3) is 0 Å². The number of hydrogen-bond donors (Lipinski definition) is 0. The fourth-order valence-corrected chi connectivity index (χ4v) is 23.7. The van der Waals surface area contributed by atoms with Gasteiger partial charge in [-0.2, -0.15) is 10.5 Å². The summed E-state index contributed by atoms with van der Waals surface area (Å²) < 4.78 is 131. The number of nitrogens with zero attached hydrogens (tertiary/aromatic N) is 8. The molecule has 0 heterocycles. The van der Waals surface area contributed by atoms with Crippen molar-refractivity contribution in [2.24, 2.45) is 0 Å². The third-order valence-electron chi connectivity index (χ3n) is 26.5. The highest BCUT2D eigenvalue weighted by molar-refractivity contribution is 6.90. The van der Waals surface area contributed by atoms with Crippen LogP contribution in [-0.2, 0) is 0 Å². The SMILES string of the molecule is [C-]#[N+]c1ccc(N(c2cc(-c3ccc([Si](C)(C)C)cc3)c(F)cc2F)c2ccc3ccc4c(N(c5ccc(C#N)cc5)c5cc(-c6ccc([Si](C)(C)C)cc6)c(F)cc5F)ccc5ccc2c3c54)cc1.[C-]#[N+]c1ccc(N(c2cc(-c3cccc([Si](C)(C)C)c3)c(F)cc2F)c2ccc3ccc4c(N(c5ccc(C#N)cc5)c5cc(-c6cccc([Si](C)(C)C)c6)c(F)cc5F)ccc5ccc2c3c54)cc1. The first-order valence-electron chi connectivity index (χ1n) is 46.0. The highest BCUT2D eigenvalue weighted by Crippen LogP contribution is 2.54. The van der Waals surface area contributed by atoms with Crippen LogP contribution in [0.15, 0.2) is 340 Å². The smallest absolute Gasteiger partial charge is 0.187 e. The Bertz CT molecular complexity index is 8000. The molecule has 0 saturated heterocycles. The minimum Gasteiger partial charge on any atom is -0.307 e. The predicted molar refractivity (Wildman–Crippen MR) is 574 cm³/mol. The van der Waals surface area contributed by atoms with Gasteiger partial charge in [0, 0.05) is 90.8 Å². The Labute approximate surface area is 812 Å². The summed E-state index contributed by atoms with van der Waals surface area (Å²) in [5.41, 5.74) is 10.2. The van der Waals surface area contributed by atoms with Crippen molar-refractivity contribution in [3.8, 4) is 56.6 Å². The minimum atomic E-state index is -1.80. The molecule has 20 aromatic carbocycles. The average Bonchev–Trinajstić information content (AvgIpc) is 0.718. The van der Waals surface area contributed by atoms with Crippen LogP contribution in [0, 0.1) is 82.3 Å². The van der Waals surface area contributed by atoms with Crippen LogP contribution in [0.4, 0.5) is 115 Å². The second-order valence-electron chi connectivity index (χ2n) is 39.5. The van der Waals surface area contributed by atoms with E-state index in [2.05, 4.69) is 113 Å². The van der Waals surface area contributed by atoms with Crippen LogP contribution in [0.2, 0.25) is 78.6 Å². The number of halogens is 8. The van der Waals surface area contributed by atoms with Gasteiger partial charge in [0.2, 0.25) is 0 Å². The van der Waals surface area contributed by atoms with E-state index in [-0.39, 0.29) is 45.0 Å². The summed E-state index contributed by atoms with van der Waals surface area (Å²) in [4.78, 5) is 14.3. The summed E-state index contributed by atoms with van der Waals surface area (Å²) in [5.74, 6) is -5.83. The number of nitriles is 2. The molecule has 0 N–H and O–H groups in total. The second-order valence-corrected chi connectivity index (χ2v) is 59.9. The van der Waals surface area contributed by atoms with Crippen molar-refractivity contribution in [3.63, 3.8) is 0 Å². The zero-order valence-corrected chi connectivity index (χ0v) is 82.9. The third-order valence-corrected chi connectivity index (χ3v) is 34.7. The molecule has 8 nitrogen and oxygen atoms in total. The van der Waals surface area contributed by atoms with E-state index in [1.165, 1.54) is 10.4 Å². The second kappa shape index (κ2) is 36.5. The van der Waals surface area contributed by atoms with Crippen LogP contribution in [0.5, 0.6) is 0 Å². The first kappa shape index (κ1) is 93.0. The maximum Gasteiger partial charge on any atom is 0.187 e.